The molecule has 10 heteroatoms. The van der Waals surface area contributed by atoms with Crippen LogP contribution >= 0.6 is 0 Å². The van der Waals surface area contributed by atoms with Crippen LogP contribution in [0.5, 0.6) is 0 Å². The lowest BCUT2D eigenvalue weighted by molar-refractivity contribution is -0.137. The summed E-state index contributed by atoms with van der Waals surface area (Å²) >= 11 is 0. The van der Waals surface area contributed by atoms with Crippen LogP contribution in [0.1, 0.15) is 54.1 Å². The van der Waals surface area contributed by atoms with Crippen LogP contribution in [0, 0.1) is 0 Å². The number of benzene rings is 2. The third kappa shape index (κ3) is 4.38. The molecule has 3 rings (SSSR count). The Kier molecular flexibility index (Phi) is 5.88. The summed E-state index contributed by atoms with van der Waals surface area (Å²) in [6.07, 6.45) is -2.35. The second kappa shape index (κ2) is 8.42. The zero-order valence-corrected chi connectivity index (χ0v) is 16.4. The molecule has 0 saturated carbocycles. The Bertz CT molecular complexity index is 1130. The van der Waals surface area contributed by atoms with Crippen molar-refractivity contribution >= 4 is 35.4 Å². The van der Waals surface area contributed by atoms with Gasteiger partial charge in [-0.1, -0.05) is 12.1 Å². The highest BCUT2D eigenvalue weighted by Crippen LogP contribution is 2.34. The first-order valence-electron chi connectivity index (χ1n) is 9.26. The Hall–Kier alpha value is -4.34. The van der Waals surface area contributed by atoms with Crippen molar-refractivity contribution in [2.24, 2.45) is 0 Å². The lowest BCUT2D eigenvalue weighted by Crippen LogP contribution is -2.27. The number of carbonyl (C=O) groups excluding carboxylic acids is 2. The molecule has 1 aliphatic rings. The predicted molar refractivity (Wildman–Crippen MR) is 105 cm³/mol. The van der Waals surface area contributed by atoms with Gasteiger partial charge in [0.05, 0.1) is 25.7 Å². The Morgan fingerprint density at radius 1 is 0.531 bits per heavy atom. The number of rotatable bonds is 8. The van der Waals surface area contributed by atoms with Crippen molar-refractivity contribution < 1.29 is 49.2 Å². The first-order chi connectivity index (χ1) is 15.0. The SMILES string of the molecule is O=C(O)Cc1cc(CC(=O)O)c2c(c1)C(=O)c1cc(CC(=O)O)cc(CC(=O)O)c1C2=O. The first-order valence-corrected chi connectivity index (χ1v) is 9.26. The number of aliphatic carboxylic acids is 4. The van der Waals surface area contributed by atoms with Crippen LogP contribution in [0.4, 0.5) is 0 Å². The van der Waals surface area contributed by atoms with Crippen molar-refractivity contribution in [3.8, 4) is 0 Å². The lowest BCUT2D eigenvalue weighted by atomic mass is 9.77. The normalized spacial score (nSPS) is 12.1. The van der Waals surface area contributed by atoms with E-state index in [2.05, 4.69) is 0 Å². The molecule has 0 spiro atoms. The standard InChI is InChI=1S/C22H16O10/c23-15(24)5-9-1-11(7-17(27)28)19-13(3-9)21(31)14-4-10(6-16(25)26)2-12(8-18(29)30)20(14)22(19)32/h1-4H,5-8H2,(H,23,24)(H,25,26)(H,27,28)(H,29,30). The fraction of sp³-hybridized carbons (Fsp3) is 0.182. The average Bonchev–Trinajstić information content (AvgIpc) is 2.63. The van der Waals surface area contributed by atoms with Crippen LogP contribution in [-0.4, -0.2) is 55.9 Å². The molecule has 32 heavy (non-hydrogen) atoms. The van der Waals surface area contributed by atoms with Gasteiger partial charge in [-0.3, -0.25) is 28.8 Å². The maximum atomic E-state index is 13.4. The summed E-state index contributed by atoms with van der Waals surface area (Å²) in [4.78, 5) is 71.5. The Balaban J connectivity index is 2.30. The van der Waals surface area contributed by atoms with Gasteiger partial charge in [0, 0.05) is 22.3 Å². The zero-order valence-electron chi connectivity index (χ0n) is 16.4. The van der Waals surface area contributed by atoms with Crippen molar-refractivity contribution in [2.45, 2.75) is 25.7 Å². The van der Waals surface area contributed by atoms with Gasteiger partial charge in [-0.15, -0.1) is 0 Å². The van der Waals surface area contributed by atoms with E-state index < -0.39 is 61.1 Å². The zero-order chi connectivity index (χ0) is 23.7. The van der Waals surface area contributed by atoms with Crippen LogP contribution in [0.25, 0.3) is 0 Å². The van der Waals surface area contributed by atoms with Crippen molar-refractivity contribution in [1.82, 2.24) is 0 Å². The molecule has 0 atom stereocenters. The monoisotopic (exact) mass is 440 g/mol. The summed E-state index contributed by atoms with van der Waals surface area (Å²) in [5, 5.41) is 36.6. The number of ketones is 2. The number of hydrogen-bond donors (Lipinski definition) is 4. The highest BCUT2D eigenvalue weighted by atomic mass is 16.4. The molecule has 0 amide bonds. The van der Waals surface area contributed by atoms with Crippen molar-refractivity contribution in [3.63, 3.8) is 0 Å². The Labute approximate surface area is 179 Å². The summed E-state index contributed by atoms with van der Waals surface area (Å²) in [6.45, 7) is 0. The molecule has 0 heterocycles. The molecule has 1 aliphatic carbocycles. The fourth-order valence-electron chi connectivity index (χ4n) is 3.86. The predicted octanol–water partition coefficient (Wildman–Crippen LogP) is 0.970. The molecule has 10 nitrogen and oxygen atoms in total. The molecule has 0 unspecified atom stereocenters. The van der Waals surface area contributed by atoms with E-state index in [4.69, 9.17) is 10.2 Å². The van der Waals surface area contributed by atoms with Gasteiger partial charge < -0.3 is 20.4 Å². The summed E-state index contributed by atoms with van der Waals surface area (Å²) in [7, 11) is 0. The summed E-state index contributed by atoms with van der Waals surface area (Å²) in [6, 6.07) is 4.84. The third-order valence-electron chi connectivity index (χ3n) is 4.90. The van der Waals surface area contributed by atoms with Crippen LogP contribution in [0.2, 0.25) is 0 Å². The molecule has 2 aromatic rings. The van der Waals surface area contributed by atoms with E-state index in [-0.39, 0.29) is 44.5 Å². The van der Waals surface area contributed by atoms with E-state index in [1.807, 2.05) is 0 Å². The summed E-state index contributed by atoms with van der Waals surface area (Å²) in [5.74, 6) is -6.60. The minimum atomic E-state index is -1.31. The van der Waals surface area contributed by atoms with Gasteiger partial charge >= 0.3 is 23.9 Å². The van der Waals surface area contributed by atoms with Crippen LogP contribution in [-0.2, 0) is 44.9 Å². The van der Waals surface area contributed by atoms with Gasteiger partial charge in [0.1, 0.15) is 0 Å². The van der Waals surface area contributed by atoms with Gasteiger partial charge in [0.2, 0.25) is 0 Å². The highest BCUT2D eigenvalue weighted by Gasteiger charge is 2.35. The molecular formula is C22H16O10. The smallest absolute Gasteiger partial charge is 0.307 e. The van der Waals surface area contributed by atoms with E-state index in [9.17, 15) is 39.0 Å². The molecule has 0 bridgehead atoms. The molecule has 0 saturated heterocycles. The van der Waals surface area contributed by atoms with E-state index in [1.54, 1.807) is 0 Å². The van der Waals surface area contributed by atoms with E-state index in [0.29, 0.717) is 0 Å². The largest absolute Gasteiger partial charge is 0.481 e. The maximum absolute atomic E-state index is 13.4. The molecule has 2 aromatic carbocycles. The molecule has 4 N–H and O–H groups in total. The molecule has 0 aromatic heterocycles. The molecule has 0 radical (unpaired) electrons. The molecular weight excluding hydrogens is 424 g/mol. The topological polar surface area (TPSA) is 183 Å². The van der Waals surface area contributed by atoms with E-state index in [1.165, 1.54) is 24.3 Å². The second-order valence-corrected chi connectivity index (χ2v) is 7.30. The van der Waals surface area contributed by atoms with Gasteiger partial charge in [-0.05, 0) is 34.4 Å². The van der Waals surface area contributed by atoms with E-state index >= 15 is 0 Å². The first kappa shape index (κ1) is 22.3. The van der Waals surface area contributed by atoms with Crippen LogP contribution in [0.3, 0.4) is 0 Å². The van der Waals surface area contributed by atoms with Crippen molar-refractivity contribution in [2.75, 3.05) is 0 Å². The number of carbonyl (C=O) groups is 6. The van der Waals surface area contributed by atoms with Crippen LogP contribution in [0.15, 0.2) is 24.3 Å². The minimum Gasteiger partial charge on any atom is -0.481 e. The average molecular weight is 440 g/mol. The number of carboxylic acid groups (broad SMARTS) is 4. The molecule has 0 fully saturated rings. The quantitative estimate of drug-likeness (QED) is 0.393. The van der Waals surface area contributed by atoms with Crippen LogP contribution < -0.4 is 0 Å². The third-order valence-corrected chi connectivity index (χ3v) is 4.90. The fourth-order valence-corrected chi connectivity index (χ4v) is 3.86. The summed E-state index contributed by atoms with van der Waals surface area (Å²) in [5.41, 5.74) is -0.753. The van der Waals surface area contributed by atoms with Gasteiger partial charge in [-0.2, -0.15) is 0 Å². The maximum Gasteiger partial charge on any atom is 0.307 e. The van der Waals surface area contributed by atoms with E-state index in [0.717, 1.165) is 0 Å². The lowest BCUT2D eigenvalue weighted by Gasteiger charge is -2.23. The number of carboxylic acids is 4. The number of hydrogen-bond acceptors (Lipinski definition) is 6. The molecule has 0 aliphatic heterocycles. The number of fused-ring (bicyclic) bond motifs is 2. The van der Waals surface area contributed by atoms with Crippen molar-refractivity contribution in [1.29, 1.82) is 0 Å². The minimum absolute atomic E-state index is 0.0638. The summed E-state index contributed by atoms with van der Waals surface area (Å²) < 4.78 is 0. The Morgan fingerprint density at radius 2 is 0.875 bits per heavy atom. The Morgan fingerprint density at radius 3 is 1.19 bits per heavy atom. The van der Waals surface area contributed by atoms with Gasteiger partial charge in [0.15, 0.2) is 11.6 Å². The molecule has 164 valence electrons. The highest BCUT2D eigenvalue weighted by molar-refractivity contribution is 6.29. The van der Waals surface area contributed by atoms with Gasteiger partial charge in [0.25, 0.3) is 0 Å². The van der Waals surface area contributed by atoms with Crippen molar-refractivity contribution in [3.05, 3.63) is 68.8 Å². The van der Waals surface area contributed by atoms with Gasteiger partial charge in [-0.25, -0.2) is 0 Å². The second-order valence-electron chi connectivity index (χ2n) is 7.30.